The van der Waals surface area contributed by atoms with Crippen molar-refractivity contribution < 1.29 is 9.84 Å². The van der Waals surface area contributed by atoms with Gasteiger partial charge >= 0.3 is 0 Å². The molecular weight excluding hydrogens is 382 g/mol. The molecule has 2 atom stereocenters. The maximum Gasteiger partial charge on any atom is 0.0898 e. The molecule has 0 radical (unpaired) electrons. The lowest BCUT2D eigenvalue weighted by atomic mass is 9.78. The SMILES string of the molecule is CC(C)(Cc1ccc2ccccc2c1)NCC(O)COC(c1ccccc1)C1CCC1. The van der Waals surface area contributed by atoms with Gasteiger partial charge in [0, 0.05) is 12.1 Å². The summed E-state index contributed by atoms with van der Waals surface area (Å²) < 4.78 is 6.24. The second-order valence-electron chi connectivity index (χ2n) is 9.63. The third-order valence-electron chi connectivity index (χ3n) is 6.45. The van der Waals surface area contributed by atoms with Crippen LogP contribution in [0.3, 0.4) is 0 Å². The number of β-amino-alcohol motifs (C(OH)–C–C–N with tert-alkyl or cyclic N) is 1. The van der Waals surface area contributed by atoms with Crippen LogP contribution in [0.4, 0.5) is 0 Å². The number of hydrogen-bond acceptors (Lipinski definition) is 3. The van der Waals surface area contributed by atoms with E-state index in [9.17, 15) is 5.11 Å². The summed E-state index contributed by atoms with van der Waals surface area (Å²) in [5, 5.41) is 16.7. The molecule has 31 heavy (non-hydrogen) atoms. The van der Waals surface area contributed by atoms with Crippen LogP contribution in [0.2, 0.25) is 0 Å². The number of nitrogens with one attached hydrogen (secondary N) is 1. The predicted octanol–water partition coefficient (Wildman–Crippen LogP) is 5.67. The third-order valence-corrected chi connectivity index (χ3v) is 6.45. The predicted molar refractivity (Wildman–Crippen MR) is 128 cm³/mol. The molecule has 0 spiro atoms. The molecule has 2 unspecified atom stereocenters. The Kier molecular flexibility index (Phi) is 7.06. The van der Waals surface area contributed by atoms with Crippen LogP contribution < -0.4 is 5.32 Å². The number of benzene rings is 3. The van der Waals surface area contributed by atoms with Gasteiger partial charge in [0.1, 0.15) is 0 Å². The van der Waals surface area contributed by atoms with Crippen LogP contribution in [-0.2, 0) is 11.2 Å². The summed E-state index contributed by atoms with van der Waals surface area (Å²) in [4.78, 5) is 0. The molecule has 0 aromatic heterocycles. The Morgan fingerprint density at radius 1 is 0.968 bits per heavy atom. The highest BCUT2D eigenvalue weighted by Crippen LogP contribution is 2.40. The van der Waals surface area contributed by atoms with Gasteiger partial charge in [-0.1, -0.05) is 79.2 Å². The molecule has 1 saturated carbocycles. The van der Waals surface area contributed by atoms with Gasteiger partial charge in [0.15, 0.2) is 0 Å². The molecule has 3 aromatic rings. The van der Waals surface area contributed by atoms with E-state index >= 15 is 0 Å². The summed E-state index contributed by atoms with van der Waals surface area (Å²) in [6.45, 7) is 5.26. The first-order chi connectivity index (χ1) is 15.0. The maximum absolute atomic E-state index is 10.6. The van der Waals surface area contributed by atoms with Crippen molar-refractivity contribution in [3.05, 3.63) is 83.9 Å². The number of hydrogen-bond donors (Lipinski definition) is 2. The van der Waals surface area contributed by atoms with Crippen LogP contribution >= 0.6 is 0 Å². The number of rotatable bonds is 10. The van der Waals surface area contributed by atoms with E-state index in [0.29, 0.717) is 19.1 Å². The first kappa shape index (κ1) is 22.0. The quantitative estimate of drug-likeness (QED) is 0.447. The average Bonchev–Trinajstić information content (AvgIpc) is 2.74. The van der Waals surface area contributed by atoms with E-state index < -0.39 is 6.10 Å². The molecule has 0 saturated heterocycles. The Morgan fingerprint density at radius 3 is 2.39 bits per heavy atom. The zero-order valence-electron chi connectivity index (χ0n) is 18.8. The molecule has 3 aromatic carbocycles. The second-order valence-corrected chi connectivity index (χ2v) is 9.63. The molecule has 4 rings (SSSR count). The monoisotopic (exact) mass is 417 g/mol. The van der Waals surface area contributed by atoms with Crippen molar-refractivity contribution in [2.24, 2.45) is 5.92 Å². The lowest BCUT2D eigenvalue weighted by Crippen LogP contribution is -2.46. The number of aliphatic hydroxyl groups excluding tert-OH is 1. The topological polar surface area (TPSA) is 41.5 Å². The first-order valence-electron chi connectivity index (χ1n) is 11.6. The minimum absolute atomic E-state index is 0.0928. The van der Waals surface area contributed by atoms with Gasteiger partial charge in [0.05, 0.1) is 18.8 Å². The average molecular weight is 418 g/mol. The van der Waals surface area contributed by atoms with Crippen LogP contribution in [0.25, 0.3) is 10.8 Å². The highest BCUT2D eigenvalue weighted by atomic mass is 16.5. The van der Waals surface area contributed by atoms with Crippen molar-refractivity contribution in [1.82, 2.24) is 5.32 Å². The van der Waals surface area contributed by atoms with Crippen LogP contribution in [0.15, 0.2) is 72.8 Å². The van der Waals surface area contributed by atoms with Crippen molar-refractivity contribution >= 4 is 10.8 Å². The molecule has 1 aliphatic rings. The van der Waals surface area contributed by atoms with Gasteiger partial charge in [0.25, 0.3) is 0 Å². The van der Waals surface area contributed by atoms with Crippen LogP contribution in [0.5, 0.6) is 0 Å². The highest BCUT2D eigenvalue weighted by molar-refractivity contribution is 5.83. The highest BCUT2D eigenvalue weighted by Gasteiger charge is 2.30. The fourth-order valence-electron chi connectivity index (χ4n) is 4.48. The van der Waals surface area contributed by atoms with Crippen LogP contribution in [0.1, 0.15) is 50.3 Å². The molecule has 3 heteroatoms. The largest absolute Gasteiger partial charge is 0.389 e. The summed E-state index contributed by atoms with van der Waals surface area (Å²) in [5.41, 5.74) is 2.41. The van der Waals surface area contributed by atoms with E-state index in [4.69, 9.17) is 4.74 Å². The van der Waals surface area contributed by atoms with Crippen molar-refractivity contribution in [3.63, 3.8) is 0 Å². The molecule has 0 bridgehead atoms. The molecule has 2 N–H and O–H groups in total. The van der Waals surface area contributed by atoms with Crippen molar-refractivity contribution in [2.45, 2.75) is 57.3 Å². The zero-order chi connectivity index (χ0) is 21.7. The van der Waals surface area contributed by atoms with E-state index in [0.717, 1.165) is 6.42 Å². The first-order valence-corrected chi connectivity index (χ1v) is 11.6. The molecule has 3 nitrogen and oxygen atoms in total. The number of fused-ring (bicyclic) bond motifs is 1. The van der Waals surface area contributed by atoms with Gasteiger partial charge < -0.3 is 15.2 Å². The normalized spacial score (nSPS) is 16.7. The summed E-state index contributed by atoms with van der Waals surface area (Å²) in [6, 6.07) is 25.6. The van der Waals surface area contributed by atoms with Gasteiger partial charge in [-0.2, -0.15) is 0 Å². The van der Waals surface area contributed by atoms with E-state index in [-0.39, 0.29) is 11.6 Å². The maximum atomic E-state index is 10.6. The zero-order valence-corrected chi connectivity index (χ0v) is 18.8. The van der Waals surface area contributed by atoms with E-state index in [1.54, 1.807) is 0 Å². The Bertz CT molecular complexity index is 965. The Labute approximate surface area is 186 Å². The van der Waals surface area contributed by atoms with E-state index in [2.05, 4.69) is 85.9 Å². The summed E-state index contributed by atoms with van der Waals surface area (Å²) in [5.74, 6) is 0.576. The fraction of sp³-hybridized carbons (Fsp3) is 0.429. The lowest BCUT2D eigenvalue weighted by molar-refractivity contribution is -0.0539. The van der Waals surface area contributed by atoms with Crippen molar-refractivity contribution in [2.75, 3.05) is 13.2 Å². The van der Waals surface area contributed by atoms with Crippen LogP contribution in [-0.4, -0.2) is 29.9 Å². The summed E-state index contributed by atoms with van der Waals surface area (Å²) in [6.07, 6.45) is 4.18. The molecule has 164 valence electrons. The van der Waals surface area contributed by atoms with Gasteiger partial charge in [-0.3, -0.25) is 0 Å². The molecule has 0 heterocycles. The van der Waals surface area contributed by atoms with Crippen molar-refractivity contribution in [1.29, 1.82) is 0 Å². The molecule has 1 aliphatic carbocycles. The second kappa shape index (κ2) is 9.95. The lowest BCUT2D eigenvalue weighted by Gasteiger charge is -2.35. The van der Waals surface area contributed by atoms with E-state index in [1.807, 2.05) is 6.07 Å². The summed E-state index contributed by atoms with van der Waals surface area (Å²) >= 11 is 0. The fourth-order valence-corrected chi connectivity index (χ4v) is 4.48. The smallest absolute Gasteiger partial charge is 0.0898 e. The van der Waals surface area contributed by atoms with Gasteiger partial charge in [-0.25, -0.2) is 0 Å². The standard InChI is InChI=1S/C28H35NO2/c1-28(2,18-21-15-16-22-9-6-7-12-25(22)17-21)29-19-26(30)20-31-27(24-13-8-14-24)23-10-4-3-5-11-23/h3-7,9-12,15-17,24,26-27,29-30H,8,13-14,18-20H2,1-2H3. The Morgan fingerprint density at radius 2 is 1.68 bits per heavy atom. The minimum atomic E-state index is -0.526. The molecule has 0 aliphatic heterocycles. The number of ether oxygens (including phenoxy) is 1. The van der Waals surface area contributed by atoms with Crippen molar-refractivity contribution in [3.8, 4) is 0 Å². The van der Waals surface area contributed by atoms with Crippen LogP contribution in [0, 0.1) is 5.92 Å². The molecule has 1 fully saturated rings. The summed E-state index contributed by atoms with van der Waals surface area (Å²) in [7, 11) is 0. The Hall–Kier alpha value is -2.20. The van der Waals surface area contributed by atoms with Gasteiger partial charge in [-0.15, -0.1) is 0 Å². The molecule has 0 amide bonds. The van der Waals surface area contributed by atoms with Gasteiger partial charge in [-0.05, 0) is 60.9 Å². The number of aliphatic hydroxyl groups is 1. The van der Waals surface area contributed by atoms with E-state index in [1.165, 1.54) is 41.2 Å². The molecular formula is C28H35NO2. The third kappa shape index (κ3) is 5.94. The minimum Gasteiger partial charge on any atom is -0.389 e. The van der Waals surface area contributed by atoms with Gasteiger partial charge in [0.2, 0.25) is 0 Å². The Balaban J connectivity index is 1.29.